The van der Waals surface area contributed by atoms with E-state index < -0.39 is 0 Å². The molecule has 1 aromatic heterocycles. The quantitative estimate of drug-likeness (QED) is 0.812. The standard InChI is InChI=1S/C14H13Cl2N3O/c1-18-12-8-19(7-6-11(12)17-14(18)16)13(20)9-4-2-3-5-10(9)15/h2-5H,6-8H2,1H3. The van der Waals surface area contributed by atoms with E-state index in [-0.39, 0.29) is 5.91 Å². The summed E-state index contributed by atoms with van der Waals surface area (Å²) in [5.74, 6) is -0.0569. The molecule has 0 spiro atoms. The van der Waals surface area contributed by atoms with Crippen LogP contribution < -0.4 is 0 Å². The van der Waals surface area contributed by atoms with Crippen molar-refractivity contribution in [2.24, 2.45) is 7.05 Å². The molecule has 1 aliphatic heterocycles. The van der Waals surface area contributed by atoms with Crippen LogP contribution in [0.2, 0.25) is 10.3 Å². The van der Waals surface area contributed by atoms with E-state index in [4.69, 9.17) is 23.2 Å². The molecule has 0 atom stereocenters. The van der Waals surface area contributed by atoms with Crippen molar-refractivity contribution in [3.63, 3.8) is 0 Å². The summed E-state index contributed by atoms with van der Waals surface area (Å²) in [6.45, 7) is 1.14. The normalized spacial score (nSPS) is 14.2. The van der Waals surface area contributed by atoms with Crippen LogP contribution in [-0.2, 0) is 20.0 Å². The van der Waals surface area contributed by atoms with Crippen LogP contribution in [0.3, 0.4) is 0 Å². The van der Waals surface area contributed by atoms with Gasteiger partial charge in [0.05, 0.1) is 28.5 Å². The van der Waals surface area contributed by atoms with E-state index in [1.54, 1.807) is 17.0 Å². The van der Waals surface area contributed by atoms with E-state index in [0.717, 1.165) is 11.4 Å². The third kappa shape index (κ3) is 2.19. The summed E-state index contributed by atoms with van der Waals surface area (Å²) >= 11 is 12.1. The summed E-state index contributed by atoms with van der Waals surface area (Å²) in [5, 5.41) is 0.938. The highest BCUT2D eigenvalue weighted by molar-refractivity contribution is 6.33. The SMILES string of the molecule is Cn1c(Cl)nc2c1CN(C(=O)c1ccccc1Cl)CC2. The molecule has 0 aliphatic carbocycles. The maximum absolute atomic E-state index is 12.5. The van der Waals surface area contributed by atoms with Crippen LogP contribution in [0.15, 0.2) is 24.3 Å². The van der Waals surface area contributed by atoms with E-state index in [9.17, 15) is 4.79 Å². The number of halogens is 2. The van der Waals surface area contributed by atoms with Crippen LogP contribution in [0.4, 0.5) is 0 Å². The number of fused-ring (bicyclic) bond motifs is 1. The number of nitrogens with zero attached hydrogens (tertiary/aromatic N) is 3. The van der Waals surface area contributed by atoms with Gasteiger partial charge in [-0.15, -0.1) is 0 Å². The molecule has 0 bridgehead atoms. The fourth-order valence-corrected chi connectivity index (χ4v) is 2.85. The summed E-state index contributed by atoms with van der Waals surface area (Å²) in [7, 11) is 1.86. The lowest BCUT2D eigenvalue weighted by atomic mass is 10.1. The first kappa shape index (κ1) is 13.5. The van der Waals surface area contributed by atoms with Crippen LogP contribution >= 0.6 is 23.2 Å². The van der Waals surface area contributed by atoms with Gasteiger partial charge >= 0.3 is 0 Å². The smallest absolute Gasteiger partial charge is 0.255 e. The van der Waals surface area contributed by atoms with Gasteiger partial charge in [-0.25, -0.2) is 4.98 Å². The van der Waals surface area contributed by atoms with Gasteiger partial charge in [0.15, 0.2) is 0 Å². The Balaban J connectivity index is 1.89. The number of hydrogen-bond donors (Lipinski definition) is 0. The molecule has 2 aromatic rings. The Hall–Kier alpha value is -1.52. The zero-order valence-corrected chi connectivity index (χ0v) is 12.4. The lowest BCUT2D eigenvalue weighted by molar-refractivity contribution is 0.0730. The Bertz CT molecular complexity index is 681. The van der Waals surface area contributed by atoms with Crippen LogP contribution in [0, 0.1) is 0 Å². The first-order valence-electron chi connectivity index (χ1n) is 6.31. The molecule has 104 valence electrons. The lowest BCUT2D eigenvalue weighted by Gasteiger charge is -2.27. The fourth-order valence-electron chi connectivity index (χ4n) is 2.43. The van der Waals surface area contributed by atoms with Crippen LogP contribution in [0.5, 0.6) is 0 Å². The third-order valence-corrected chi connectivity index (χ3v) is 4.26. The van der Waals surface area contributed by atoms with Gasteiger partial charge in [0.1, 0.15) is 0 Å². The third-order valence-electron chi connectivity index (χ3n) is 3.59. The monoisotopic (exact) mass is 309 g/mol. The molecule has 2 heterocycles. The fraction of sp³-hybridized carbons (Fsp3) is 0.286. The van der Waals surface area contributed by atoms with E-state index in [1.165, 1.54) is 0 Å². The van der Waals surface area contributed by atoms with Crippen molar-refractivity contribution >= 4 is 29.1 Å². The molecule has 0 N–H and O–H groups in total. The molecule has 4 nitrogen and oxygen atoms in total. The van der Waals surface area contributed by atoms with Gasteiger partial charge in [-0.05, 0) is 23.7 Å². The first-order valence-corrected chi connectivity index (χ1v) is 7.07. The molecule has 1 aromatic carbocycles. The van der Waals surface area contributed by atoms with E-state index in [1.807, 2.05) is 23.7 Å². The Morgan fingerprint density at radius 2 is 2.05 bits per heavy atom. The van der Waals surface area contributed by atoms with Gasteiger partial charge in [0, 0.05) is 20.0 Å². The van der Waals surface area contributed by atoms with E-state index >= 15 is 0 Å². The minimum Gasteiger partial charge on any atom is -0.332 e. The molecule has 3 rings (SSSR count). The Kier molecular flexibility index (Phi) is 3.44. The van der Waals surface area contributed by atoms with Crippen molar-refractivity contribution in [1.82, 2.24) is 14.5 Å². The predicted molar refractivity (Wildman–Crippen MR) is 78.1 cm³/mol. The molecule has 1 aliphatic rings. The van der Waals surface area contributed by atoms with Crippen LogP contribution in [0.1, 0.15) is 21.7 Å². The summed E-state index contributed by atoms with van der Waals surface area (Å²) in [5.41, 5.74) is 2.49. The number of hydrogen-bond acceptors (Lipinski definition) is 2. The summed E-state index contributed by atoms with van der Waals surface area (Å²) in [6, 6.07) is 7.10. The highest BCUT2D eigenvalue weighted by Crippen LogP contribution is 2.24. The molecular weight excluding hydrogens is 297 g/mol. The second-order valence-electron chi connectivity index (χ2n) is 4.79. The zero-order chi connectivity index (χ0) is 14.3. The number of rotatable bonds is 1. The predicted octanol–water partition coefficient (Wildman–Crippen LogP) is 2.93. The van der Waals surface area contributed by atoms with Gasteiger partial charge < -0.3 is 9.47 Å². The molecular formula is C14H13Cl2N3O. The van der Waals surface area contributed by atoms with Crippen molar-refractivity contribution in [2.45, 2.75) is 13.0 Å². The maximum atomic E-state index is 12.5. The Morgan fingerprint density at radius 1 is 1.30 bits per heavy atom. The Labute approximate surface area is 126 Å². The molecule has 0 fully saturated rings. The molecule has 0 saturated carbocycles. The number of imidazole rings is 1. The molecule has 0 saturated heterocycles. The molecule has 0 unspecified atom stereocenters. The maximum Gasteiger partial charge on any atom is 0.255 e. The first-order chi connectivity index (χ1) is 9.58. The molecule has 6 heteroatoms. The van der Waals surface area contributed by atoms with Gasteiger partial charge in [-0.2, -0.15) is 0 Å². The minimum atomic E-state index is -0.0569. The largest absolute Gasteiger partial charge is 0.332 e. The summed E-state index contributed by atoms with van der Waals surface area (Å²) in [6.07, 6.45) is 0.714. The average Bonchev–Trinajstić information content (AvgIpc) is 2.74. The van der Waals surface area contributed by atoms with E-state index in [0.29, 0.717) is 35.4 Å². The van der Waals surface area contributed by atoms with Crippen molar-refractivity contribution < 1.29 is 4.79 Å². The number of aromatic nitrogens is 2. The van der Waals surface area contributed by atoms with Crippen LogP contribution in [0.25, 0.3) is 0 Å². The second-order valence-corrected chi connectivity index (χ2v) is 5.54. The Morgan fingerprint density at radius 3 is 2.80 bits per heavy atom. The van der Waals surface area contributed by atoms with Gasteiger partial charge in [-0.3, -0.25) is 4.79 Å². The van der Waals surface area contributed by atoms with Gasteiger partial charge in [0.2, 0.25) is 5.28 Å². The summed E-state index contributed by atoms with van der Waals surface area (Å²) < 4.78 is 1.82. The topological polar surface area (TPSA) is 38.1 Å². The molecule has 20 heavy (non-hydrogen) atoms. The van der Waals surface area contributed by atoms with Crippen LogP contribution in [-0.4, -0.2) is 26.9 Å². The summed E-state index contributed by atoms with van der Waals surface area (Å²) in [4.78, 5) is 18.6. The number of amides is 1. The van der Waals surface area contributed by atoms with Crippen molar-refractivity contribution in [3.8, 4) is 0 Å². The molecule has 1 amide bonds. The number of carbonyl (C=O) groups excluding carboxylic acids is 1. The average molecular weight is 310 g/mol. The highest BCUT2D eigenvalue weighted by atomic mass is 35.5. The van der Waals surface area contributed by atoms with E-state index in [2.05, 4.69) is 4.98 Å². The lowest BCUT2D eigenvalue weighted by Crippen LogP contribution is -2.36. The zero-order valence-electron chi connectivity index (χ0n) is 10.9. The molecule has 0 radical (unpaired) electrons. The van der Waals surface area contributed by atoms with Gasteiger partial charge in [-0.1, -0.05) is 23.7 Å². The highest BCUT2D eigenvalue weighted by Gasteiger charge is 2.26. The van der Waals surface area contributed by atoms with Gasteiger partial charge in [0.25, 0.3) is 5.91 Å². The van der Waals surface area contributed by atoms with Crippen molar-refractivity contribution in [1.29, 1.82) is 0 Å². The number of carbonyl (C=O) groups is 1. The second kappa shape index (κ2) is 5.11. The van der Waals surface area contributed by atoms with Crippen molar-refractivity contribution in [3.05, 3.63) is 51.5 Å². The number of benzene rings is 1. The van der Waals surface area contributed by atoms with Crippen molar-refractivity contribution in [2.75, 3.05) is 6.54 Å². The minimum absolute atomic E-state index is 0.0569.